The fourth-order valence-corrected chi connectivity index (χ4v) is 2.10. The Morgan fingerprint density at radius 3 is 2.43 bits per heavy atom. The predicted octanol–water partition coefficient (Wildman–Crippen LogP) is 1.59. The Morgan fingerprint density at radius 2 is 2.07 bits per heavy atom. The van der Waals surface area contributed by atoms with Gasteiger partial charge in [0.2, 0.25) is 5.91 Å². The van der Waals surface area contributed by atoms with Gasteiger partial charge in [-0.05, 0) is 25.7 Å². The van der Waals surface area contributed by atoms with Crippen LogP contribution in [0.4, 0.5) is 0 Å². The van der Waals surface area contributed by atoms with E-state index in [4.69, 9.17) is 0 Å². The molecule has 82 valence electrons. The Morgan fingerprint density at radius 1 is 1.43 bits per heavy atom. The highest BCUT2D eigenvalue weighted by Crippen LogP contribution is 2.18. The molecule has 0 spiro atoms. The molecule has 1 heterocycles. The highest BCUT2D eigenvalue weighted by molar-refractivity contribution is 5.84. The summed E-state index contributed by atoms with van der Waals surface area (Å²) in [7, 11) is 0. The monoisotopic (exact) mass is 198 g/mol. The molecule has 0 aromatic rings. The number of hydrogen-bond donors (Lipinski definition) is 1. The molecule has 1 saturated heterocycles. The molecule has 14 heavy (non-hydrogen) atoms. The van der Waals surface area contributed by atoms with Gasteiger partial charge in [0.15, 0.2) is 0 Å². The van der Waals surface area contributed by atoms with Crippen molar-refractivity contribution in [2.45, 2.75) is 52.7 Å². The van der Waals surface area contributed by atoms with Crippen LogP contribution in [0.25, 0.3) is 0 Å². The first-order valence-electron chi connectivity index (χ1n) is 5.66. The van der Waals surface area contributed by atoms with Gasteiger partial charge in [-0.15, -0.1) is 0 Å². The van der Waals surface area contributed by atoms with Crippen LogP contribution in [-0.4, -0.2) is 29.6 Å². The largest absolute Gasteiger partial charge is 0.326 e. The van der Waals surface area contributed by atoms with E-state index < -0.39 is 0 Å². The molecule has 2 atom stereocenters. The lowest BCUT2D eigenvalue weighted by Crippen LogP contribution is -2.36. The van der Waals surface area contributed by atoms with Crippen LogP contribution in [0.15, 0.2) is 0 Å². The van der Waals surface area contributed by atoms with Gasteiger partial charge in [0.25, 0.3) is 0 Å². The Hall–Kier alpha value is -0.570. The number of hydrogen-bond acceptors (Lipinski definition) is 2. The van der Waals surface area contributed by atoms with Gasteiger partial charge < -0.3 is 4.90 Å². The zero-order valence-corrected chi connectivity index (χ0v) is 9.71. The highest BCUT2D eigenvalue weighted by Gasteiger charge is 2.36. The van der Waals surface area contributed by atoms with Crippen molar-refractivity contribution in [2.24, 2.45) is 5.92 Å². The molecule has 0 bridgehead atoms. The van der Waals surface area contributed by atoms with Crippen LogP contribution < -0.4 is 5.32 Å². The third-order valence-corrected chi connectivity index (χ3v) is 2.79. The first kappa shape index (κ1) is 11.5. The second-order valence-corrected chi connectivity index (χ2v) is 4.40. The maximum Gasteiger partial charge on any atom is 0.241 e. The van der Waals surface area contributed by atoms with E-state index >= 15 is 0 Å². The van der Waals surface area contributed by atoms with E-state index in [0.29, 0.717) is 5.92 Å². The third kappa shape index (κ3) is 2.27. The van der Waals surface area contributed by atoms with Crippen molar-refractivity contribution in [2.75, 3.05) is 6.54 Å². The van der Waals surface area contributed by atoms with E-state index in [2.05, 4.69) is 26.1 Å². The summed E-state index contributed by atoms with van der Waals surface area (Å²) in [6.45, 7) is 9.29. The second-order valence-electron chi connectivity index (χ2n) is 4.40. The lowest BCUT2D eigenvalue weighted by Gasteiger charge is -2.20. The van der Waals surface area contributed by atoms with Gasteiger partial charge in [0.1, 0.15) is 0 Å². The Bertz CT molecular complexity index is 203. The van der Waals surface area contributed by atoms with Gasteiger partial charge in [0.05, 0.1) is 12.2 Å². The fraction of sp³-hybridized carbons (Fsp3) is 0.909. The maximum absolute atomic E-state index is 11.9. The van der Waals surface area contributed by atoms with Crippen LogP contribution in [0.2, 0.25) is 0 Å². The molecule has 1 rings (SSSR count). The van der Waals surface area contributed by atoms with Crippen molar-refractivity contribution < 1.29 is 4.79 Å². The smallest absolute Gasteiger partial charge is 0.241 e. The fourth-order valence-electron chi connectivity index (χ4n) is 2.10. The molecule has 1 aliphatic heterocycles. The minimum atomic E-state index is 0.0555. The van der Waals surface area contributed by atoms with E-state index in [1.807, 2.05) is 11.8 Å². The molecule has 0 radical (unpaired) electrons. The maximum atomic E-state index is 11.9. The molecule has 1 aliphatic rings. The van der Waals surface area contributed by atoms with Crippen LogP contribution >= 0.6 is 0 Å². The van der Waals surface area contributed by atoms with Crippen molar-refractivity contribution in [3.8, 4) is 0 Å². The lowest BCUT2D eigenvalue weighted by atomic mass is 10.0. The summed E-state index contributed by atoms with van der Waals surface area (Å²) >= 11 is 0. The van der Waals surface area contributed by atoms with Crippen LogP contribution in [0, 0.1) is 5.92 Å². The van der Waals surface area contributed by atoms with Crippen molar-refractivity contribution >= 4 is 5.91 Å². The van der Waals surface area contributed by atoms with Crippen molar-refractivity contribution in [1.82, 2.24) is 10.2 Å². The molecule has 0 aromatic heterocycles. The summed E-state index contributed by atoms with van der Waals surface area (Å²) in [5, 5.41) is 3.40. The van der Waals surface area contributed by atoms with E-state index in [0.717, 1.165) is 19.4 Å². The van der Waals surface area contributed by atoms with Gasteiger partial charge in [-0.1, -0.05) is 20.8 Å². The number of nitrogens with one attached hydrogen (secondary N) is 1. The Labute approximate surface area is 86.9 Å². The van der Waals surface area contributed by atoms with Gasteiger partial charge in [-0.25, -0.2) is 0 Å². The SMILES string of the molecule is CCC1NC(CC(C)C)C(=O)N1CC. The van der Waals surface area contributed by atoms with E-state index in [9.17, 15) is 4.79 Å². The quantitative estimate of drug-likeness (QED) is 0.744. The summed E-state index contributed by atoms with van der Waals surface area (Å²) in [5.74, 6) is 0.860. The predicted molar refractivity (Wildman–Crippen MR) is 57.8 cm³/mol. The molecule has 0 aliphatic carbocycles. The van der Waals surface area contributed by atoms with Gasteiger partial charge in [-0.3, -0.25) is 10.1 Å². The standard InChI is InChI=1S/C11H22N2O/c1-5-10-12-9(7-8(3)4)11(14)13(10)6-2/h8-10,12H,5-7H2,1-4H3. The zero-order valence-electron chi connectivity index (χ0n) is 9.71. The van der Waals surface area contributed by atoms with Gasteiger partial charge in [0, 0.05) is 6.54 Å². The summed E-state index contributed by atoms with van der Waals surface area (Å²) < 4.78 is 0. The molecular formula is C11H22N2O. The minimum absolute atomic E-state index is 0.0555. The number of nitrogens with zero attached hydrogens (tertiary/aromatic N) is 1. The first-order chi connectivity index (χ1) is 6.60. The molecule has 0 aromatic carbocycles. The third-order valence-electron chi connectivity index (χ3n) is 2.79. The van der Waals surface area contributed by atoms with Crippen LogP contribution in [0.1, 0.15) is 40.5 Å². The first-order valence-corrected chi connectivity index (χ1v) is 5.66. The molecule has 1 fully saturated rings. The molecule has 3 nitrogen and oxygen atoms in total. The molecule has 2 unspecified atom stereocenters. The summed E-state index contributed by atoms with van der Waals surface area (Å²) in [6.07, 6.45) is 2.20. The second kappa shape index (κ2) is 4.78. The number of carbonyl (C=O) groups is 1. The summed E-state index contributed by atoms with van der Waals surface area (Å²) in [6, 6.07) is 0.0555. The zero-order chi connectivity index (χ0) is 10.7. The Kier molecular flexibility index (Phi) is 3.93. The van der Waals surface area contributed by atoms with E-state index in [1.54, 1.807) is 0 Å². The van der Waals surface area contributed by atoms with Gasteiger partial charge in [-0.2, -0.15) is 0 Å². The van der Waals surface area contributed by atoms with Gasteiger partial charge >= 0.3 is 0 Å². The van der Waals surface area contributed by atoms with E-state index in [1.165, 1.54) is 0 Å². The molecule has 3 heteroatoms. The summed E-state index contributed by atoms with van der Waals surface area (Å²) in [5.41, 5.74) is 0. The van der Waals surface area contributed by atoms with E-state index in [-0.39, 0.29) is 18.1 Å². The van der Waals surface area contributed by atoms with Crippen LogP contribution in [0.3, 0.4) is 0 Å². The van der Waals surface area contributed by atoms with Crippen LogP contribution in [-0.2, 0) is 4.79 Å². The lowest BCUT2D eigenvalue weighted by molar-refractivity contribution is -0.130. The van der Waals surface area contributed by atoms with Crippen molar-refractivity contribution in [1.29, 1.82) is 0 Å². The van der Waals surface area contributed by atoms with Crippen molar-refractivity contribution in [3.05, 3.63) is 0 Å². The average Bonchev–Trinajstić information content (AvgIpc) is 2.42. The average molecular weight is 198 g/mol. The van der Waals surface area contributed by atoms with Crippen molar-refractivity contribution in [3.63, 3.8) is 0 Å². The minimum Gasteiger partial charge on any atom is -0.326 e. The number of rotatable bonds is 4. The van der Waals surface area contributed by atoms with Crippen LogP contribution in [0.5, 0.6) is 0 Å². The highest BCUT2D eigenvalue weighted by atomic mass is 16.2. The molecule has 1 N–H and O–H groups in total. The molecular weight excluding hydrogens is 176 g/mol. The molecule has 1 amide bonds. The molecule has 0 saturated carbocycles. The Balaban J connectivity index is 2.61. The normalized spacial score (nSPS) is 27.8. The number of likely N-dealkylation sites (N-methyl/N-ethyl adjacent to an activating group) is 1. The number of amides is 1. The number of carbonyl (C=O) groups excluding carboxylic acids is 1. The summed E-state index contributed by atoms with van der Waals surface area (Å²) in [4.78, 5) is 13.9. The topological polar surface area (TPSA) is 32.3 Å².